The molecule has 2 aromatic rings. The second kappa shape index (κ2) is 9.00. The van der Waals surface area contributed by atoms with Crippen LogP contribution in [-0.4, -0.2) is 41.7 Å². The van der Waals surface area contributed by atoms with Gasteiger partial charge in [-0.3, -0.25) is 4.79 Å². The molecule has 1 N–H and O–H groups in total. The van der Waals surface area contributed by atoms with Gasteiger partial charge in [-0.2, -0.15) is 0 Å². The minimum Gasteiger partial charge on any atom is -0.507 e. The molecule has 0 radical (unpaired) electrons. The number of hydrogen-bond acceptors (Lipinski definition) is 5. The van der Waals surface area contributed by atoms with Crippen LogP contribution in [0.4, 0.5) is 0 Å². The van der Waals surface area contributed by atoms with Gasteiger partial charge < -0.3 is 19.1 Å². The molecule has 2 rings (SSSR count). The number of nitrogens with zero attached hydrogens (tertiary/aromatic N) is 1. The number of Topliss-reactive ketones (excluding diaryl/α,β-unsaturated/α-hetero) is 1. The van der Waals surface area contributed by atoms with Crippen LogP contribution in [0.25, 0.3) is 0 Å². The fourth-order valence-electron chi connectivity index (χ4n) is 2.75. The number of carbonyl (C=O) groups is 2. The van der Waals surface area contributed by atoms with Crippen LogP contribution in [0.1, 0.15) is 38.5 Å². The molecular formula is C19H22BrNO5. The first-order valence-corrected chi connectivity index (χ1v) is 8.99. The Labute approximate surface area is 160 Å². The number of phenolic OH excluding ortho intramolecular Hbond substituents is 1. The highest BCUT2D eigenvalue weighted by molar-refractivity contribution is 9.10. The fourth-order valence-corrected chi connectivity index (χ4v) is 3.11. The summed E-state index contributed by atoms with van der Waals surface area (Å²) >= 11 is 3.23. The van der Waals surface area contributed by atoms with Crippen molar-refractivity contribution >= 4 is 27.7 Å². The second-order valence-corrected chi connectivity index (χ2v) is 6.86. The van der Waals surface area contributed by atoms with Crippen LogP contribution in [0.5, 0.6) is 5.75 Å². The summed E-state index contributed by atoms with van der Waals surface area (Å²) in [7, 11) is 1.65. The average molecular weight is 424 g/mol. The van der Waals surface area contributed by atoms with E-state index in [4.69, 9.17) is 9.47 Å². The fraction of sp³-hybridized carbons (Fsp3) is 0.368. The summed E-state index contributed by atoms with van der Waals surface area (Å²) in [6.45, 7) is 4.82. The van der Waals surface area contributed by atoms with Crippen LogP contribution in [0.3, 0.4) is 0 Å². The predicted molar refractivity (Wildman–Crippen MR) is 101 cm³/mol. The van der Waals surface area contributed by atoms with Crippen molar-refractivity contribution in [1.82, 2.24) is 4.57 Å². The summed E-state index contributed by atoms with van der Waals surface area (Å²) in [6, 6.07) is 6.24. The number of aromatic hydroxyl groups is 1. The zero-order chi connectivity index (χ0) is 19.3. The molecule has 140 valence electrons. The zero-order valence-electron chi connectivity index (χ0n) is 15.0. The van der Waals surface area contributed by atoms with E-state index in [0.29, 0.717) is 16.6 Å². The summed E-state index contributed by atoms with van der Waals surface area (Å²) < 4.78 is 12.8. The first kappa shape index (κ1) is 20.2. The van der Waals surface area contributed by atoms with Crippen LogP contribution in [0, 0.1) is 13.8 Å². The van der Waals surface area contributed by atoms with Gasteiger partial charge in [0.2, 0.25) is 5.78 Å². The molecular weight excluding hydrogens is 402 g/mol. The van der Waals surface area contributed by atoms with Crippen molar-refractivity contribution in [3.63, 3.8) is 0 Å². The molecule has 0 amide bonds. The van der Waals surface area contributed by atoms with Crippen LogP contribution < -0.4 is 0 Å². The first-order valence-electron chi connectivity index (χ1n) is 8.19. The van der Waals surface area contributed by atoms with E-state index in [-0.39, 0.29) is 23.7 Å². The monoisotopic (exact) mass is 423 g/mol. The molecule has 0 aliphatic carbocycles. The van der Waals surface area contributed by atoms with E-state index in [1.807, 2.05) is 18.4 Å². The summed E-state index contributed by atoms with van der Waals surface area (Å²) in [6.07, 6.45) is 0.845. The van der Waals surface area contributed by atoms with E-state index < -0.39 is 5.97 Å². The van der Waals surface area contributed by atoms with E-state index in [1.165, 1.54) is 12.1 Å². The van der Waals surface area contributed by atoms with Gasteiger partial charge >= 0.3 is 5.97 Å². The number of phenols is 1. The van der Waals surface area contributed by atoms with Gasteiger partial charge in [-0.1, -0.05) is 15.9 Å². The third-order valence-corrected chi connectivity index (χ3v) is 4.61. The van der Waals surface area contributed by atoms with Gasteiger partial charge in [0.25, 0.3) is 0 Å². The van der Waals surface area contributed by atoms with Crippen molar-refractivity contribution in [2.75, 3.05) is 20.3 Å². The van der Waals surface area contributed by atoms with Gasteiger partial charge in [0.1, 0.15) is 11.3 Å². The molecule has 0 atom stereocenters. The number of carbonyl (C=O) groups excluding carboxylic acids is 2. The molecule has 26 heavy (non-hydrogen) atoms. The highest BCUT2D eigenvalue weighted by atomic mass is 79.9. The van der Waals surface area contributed by atoms with Gasteiger partial charge in [-0.15, -0.1) is 0 Å². The lowest BCUT2D eigenvalue weighted by Crippen LogP contribution is -2.15. The maximum Gasteiger partial charge on any atom is 0.342 e. The van der Waals surface area contributed by atoms with E-state index in [9.17, 15) is 14.7 Å². The summed E-state index contributed by atoms with van der Waals surface area (Å²) in [5, 5.41) is 9.75. The lowest BCUT2D eigenvalue weighted by atomic mass is 10.1. The van der Waals surface area contributed by atoms with Crippen LogP contribution in [0.15, 0.2) is 28.7 Å². The maximum absolute atomic E-state index is 12.5. The molecule has 0 bridgehead atoms. The van der Waals surface area contributed by atoms with Gasteiger partial charge in [-0.25, -0.2) is 4.79 Å². The van der Waals surface area contributed by atoms with E-state index in [2.05, 4.69) is 15.9 Å². The Morgan fingerprint density at radius 1 is 1.19 bits per heavy atom. The normalized spacial score (nSPS) is 10.8. The lowest BCUT2D eigenvalue weighted by molar-refractivity contribution is 0.0471. The lowest BCUT2D eigenvalue weighted by Gasteiger charge is -2.09. The standard InChI is InChI=1S/C19H22BrNO5/c1-12-9-15(13(2)21(12)7-4-8-25-3)18(23)11-26-19(24)16-10-14(20)5-6-17(16)22/h5-6,9-10,22H,4,7-8,11H2,1-3H3. The SMILES string of the molecule is COCCCn1c(C)cc(C(=O)COC(=O)c2cc(Br)ccc2O)c1C. The molecule has 7 heteroatoms. The molecule has 1 heterocycles. The van der Waals surface area contributed by atoms with E-state index >= 15 is 0 Å². The van der Waals surface area contributed by atoms with Crippen molar-refractivity contribution < 1.29 is 24.2 Å². The number of esters is 1. The Balaban J connectivity index is 2.05. The van der Waals surface area contributed by atoms with E-state index in [0.717, 1.165) is 24.4 Å². The number of aromatic nitrogens is 1. The van der Waals surface area contributed by atoms with Crippen molar-refractivity contribution in [2.45, 2.75) is 26.8 Å². The number of ketones is 1. The summed E-state index contributed by atoms with van der Waals surface area (Å²) in [5.41, 5.74) is 2.35. The number of rotatable bonds is 8. The molecule has 0 aliphatic rings. The minimum absolute atomic E-state index is 0.0113. The number of methoxy groups -OCH3 is 1. The van der Waals surface area contributed by atoms with Crippen molar-refractivity contribution in [3.8, 4) is 5.75 Å². The summed E-state index contributed by atoms with van der Waals surface area (Å²) in [4.78, 5) is 24.6. The number of aryl methyl sites for hydroxylation is 1. The third-order valence-electron chi connectivity index (χ3n) is 4.12. The van der Waals surface area contributed by atoms with Gasteiger partial charge in [0.05, 0.1) is 0 Å². The Morgan fingerprint density at radius 2 is 1.92 bits per heavy atom. The molecule has 0 aliphatic heterocycles. The molecule has 0 fully saturated rings. The van der Waals surface area contributed by atoms with Crippen LogP contribution in [0.2, 0.25) is 0 Å². The number of benzene rings is 1. The largest absolute Gasteiger partial charge is 0.507 e. The molecule has 0 saturated heterocycles. The first-order chi connectivity index (χ1) is 12.3. The highest BCUT2D eigenvalue weighted by Crippen LogP contribution is 2.23. The Morgan fingerprint density at radius 3 is 2.62 bits per heavy atom. The quantitative estimate of drug-likeness (QED) is 0.398. The topological polar surface area (TPSA) is 77.8 Å². The molecule has 0 saturated carbocycles. The van der Waals surface area contributed by atoms with Gasteiger partial charge in [0.15, 0.2) is 6.61 Å². The number of ether oxygens (including phenoxy) is 2. The van der Waals surface area contributed by atoms with Gasteiger partial charge in [0, 0.05) is 41.7 Å². The highest BCUT2D eigenvalue weighted by Gasteiger charge is 2.19. The van der Waals surface area contributed by atoms with Crippen molar-refractivity contribution in [1.29, 1.82) is 0 Å². The summed E-state index contributed by atoms with van der Waals surface area (Å²) in [5.74, 6) is -1.22. The smallest absolute Gasteiger partial charge is 0.342 e. The van der Waals surface area contributed by atoms with Crippen molar-refractivity contribution in [2.24, 2.45) is 0 Å². The van der Waals surface area contributed by atoms with Crippen molar-refractivity contribution in [3.05, 3.63) is 51.3 Å². The predicted octanol–water partition coefficient (Wildman–Crippen LogP) is 3.65. The number of halogens is 1. The molecule has 1 aromatic heterocycles. The maximum atomic E-state index is 12.5. The van der Waals surface area contributed by atoms with Crippen LogP contribution >= 0.6 is 15.9 Å². The molecule has 0 spiro atoms. The van der Waals surface area contributed by atoms with E-state index in [1.54, 1.807) is 19.2 Å². The molecule has 1 aromatic carbocycles. The zero-order valence-corrected chi connectivity index (χ0v) is 16.6. The second-order valence-electron chi connectivity index (χ2n) is 5.94. The average Bonchev–Trinajstić information content (AvgIpc) is 2.89. The van der Waals surface area contributed by atoms with Gasteiger partial charge in [-0.05, 0) is 44.5 Å². The Bertz CT molecular complexity index is 813. The molecule has 0 unspecified atom stereocenters. The Kier molecular flexibility index (Phi) is 6.99. The minimum atomic E-state index is -0.744. The van der Waals surface area contributed by atoms with Crippen LogP contribution in [-0.2, 0) is 16.0 Å². The Hall–Kier alpha value is -2.12. The third kappa shape index (κ3) is 4.74. The molecule has 6 nitrogen and oxygen atoms in total. The number of hydrogen-bond donors (Lipinski definition) is 1.